The number of nitrogens with zero attached hydrogens (tertiary/aromatic N) is 4. The van der Waals surface area contributed by atoms with Gasteiger partial charge in [0.25, 0.3) is 0 Å². The van der Waals surface area contributed by atoms with Crippen molar-refractivity contribution in [1.29, 1.82) is 0 Å². The highest BCUT2D eigenvalue weighted by molar-refractivity contribution is 6.20. The largest absolute Gasteiger partial charge is 0.309 e. The first-order valence-corrected chi connectivity index (χ1v) is 20.7. The van der Waals surface area contributed by atoms with E-state index in [4.69, 9.17) is 15.0 Å². The molecule has 0 bridgehead atoms. The molecule has 284 valence electrons. The van der Waals surface area contributed by atoms with Crippen molar-refractivity contribution >= 4 is 54.1 Å². The predicted octanol–water partition coefficient (Wildman–Crippen LogP) is 14.8. The van der Waals surface area contributed by atoms with E-state index in [9.17, 15) is 0 Å². The summed E-state index contributed by atoms with van der Waals surface area (Å²) in [6.07, 6.45) is 0. The van der Waals surface area contributed by atoms with Crippen molar-refractivity contribution in [3.8, 4) is 62.1 Å². The molecular weight excluding hydrogens is 741 g/mol. The maximum absolute atomic E-state index is 5.32. The Hall–Kier alpha value is -8.21. The van der Waals surface area contributed by atoms with Crippen LogP contribution in [0.25, 0.3) is 116 Å². The van der Waals surface area contributed by atoms with Crippen LogP contribution in [0, 0.1) is 0 Å². The van der Waals surface area contributed by atoms with Gasteiger partial charge in [-0.05, 0) is 91.0 Å². The van der Waals surface area contributed by atoms with E-state index >= 15 is 0 Å². The lowest BCUT2D eigenvalue weighted by Gasteiger charge is -2.15. The molecule has 2 aromatic heterocycles. The Labute approximate surface area is 352 Å². The Bertz CT molecular complexity index is 3630. The van der Waals surface area contributed by atoms with Crippen LogP contribution in [0.5, 0.6) is 0 Å². The summed E-state index contributed by atoms with van der Waals surface area (Å²) in [6.45, 7) is 0. The van der Waals surface area contributed by atoms with E-state index in [-0.39, 0.29) is 0 Å². The summed E-state index contributed by atoms with van der Waals surface area (Å²) in [5.41, 5.74) is 10.7. The topological polar surface area (TPSA) is 43.6 Å². The predicted molar refractivity (Wildman–Crippen MR) is 254 cm³/mol. The molecule has 0 radical (unpaired) electrons. The van der Waals surface area contributed by atoms with Crippen LogP contribution in [0.2, 0.25) is 0 Å². The molecule has 0 spiro atoms. The minimum atomic E-state index is 0.620. The molecule has 0 aliphatic rings. The fraction of sp³-hybridized carbons (Fsp3) is 0. The Morgan fingerprint density at radius 2 is 0.885 bits per heavy atom. The molecule has 0 aliphatic carbocycles. The smallest absolute Gasteiger partial charge is 0.164 e. The minimum Gasteiger partial charge on any atom is -0.309 e. The Morgan fingerprint density at radius 3 is 1.70 bits per heavy atom. The van der Waals surface area contributed by atoms with Gasteiger partial charge in [0.05, 0.1) is 11.0 Å². The molecule has 12 aromatic rings. The zero-order valence-electron chi connectivity index (χ0n) is 33.1. The van der Waals surface area contributed by atoms with Crippen LogP contribution in [0.3, 0.4) is 0 Å². The lowest BCUT2D eigenvalue weighted by atomic mass is 9.89. The van der Waals surface area contributed by atoms with E-state index in [1.165, 1.54) is 37.9 Å². The van der Waals surface area contributed by atoms with Gasteiger partial charge in [-0.3, -0.25) is 0 Å². The molecule has 61 heavy (non-hydrogen) atoms. The first kappa shape index (κ1) is 34.8. The molecule has 4 heteroatoms. The van der Waals surface area contributed by atoms with Gasteiger partial charge < -0.3 is 4.57 Å². The molecule has 0 saturated carbocycles. The first-order valence-electron chi connectivity index (χ1n) is 20.7. The molecule has 4 nitrogen and oxygen atoms in total. The standard InChI is InChI=1S/C57H36N4/c1-3-15-37(16-4-1)41-19-13-20-43(35-41)56-58-55(59-57(60-56)49-26-14-28-52-54(49)48-25-11-12-27-51(48)61(52)44-21-5-2-6-22-44)40-31-29-39(30-32-40)53-46-24-10-8-18-42(46)36-50-45-23-9-7-17-38(45)33-34-47(50)53/h1-36H. The van der Waals surface area contributed by atoms with Crippen LogP contribution in [0.15, 0.2) is 218 Å². The van der Waals surface area contributed by atoms with Gasteiger partial charge in [-0.15, -0.1) is 0 Å². The quantitative estimate of drug-likeness (QED) is 0.125. The molecule has 0 N–H and O–H groups in total. The lowest BCUT2D eigenvalue weighted by Crippen LogP contribution is -2.01. The van der Waals surface area contributed by atoms with E-state index in [0.29, 0.717) is 17.5 Å². The summed E-state index contributed by atoms with van der Waals surface area (Å²) in [5, 5.41) is 9.68. The number of hydrogen-bond donors (Lipinski definition) is 0. The van der Waals surface area contributed by atoms with Crippen molar-refractivity contribution in [1.82, 2.24) is 19.5 Å². The zero-order valence-corrected chi connectivity index (χ0v) is 33.1. The van der Waals surface area contributed by atoms with Gasteiger partial charge >= 0.3 is 0 Å². The summed E-state index contributed by atoms with van der Waals surface area (Å²) >= 11 is 0. The van der Waals surface area contributed by atoms with Crippen molar-refractivity contribution in [2.45, 2.75) is 0 Å². The van der Waals surface area contributed by atoms with Gasteiger partial charge in [0.15, 0.2) is 17.5 Å². The third-order valence-corrected chi connectivity index (χ3v) is 12.0. The van der Waals surface area contributed by atoms with Gasteiger partial charge in [-0.25, -0.2) is 15.0 Å². The highest BCUT2D eigenvalue weighted by Gasteiger charge is 2.20. The molecule has 12 rings (SSSR count). The number of aromatic nitrogens is 4. The molecular formula is C57H36N4. The van der Waals surface area contributed by atoms with Crippen molar-refractivity contribution in [2.75, 3.05) is 0 Å². The Morgan fingerprint density at radius 1 is 0.295 bits per heavy atom. The van der Waals surface area contributed by atoms with Crippen molar-refractivity contribution in [3.63, 3.8) is 0 Å². The van der Waals surface area contributed by atoms with Crippen molar-refractivity contribution in [2.24, 2.45) is 0 Å². The molecule has 10 aromatic carbocycles. The fourth-order valence-electron chi connectivity index (χ4n) is 9.20. The zero-order chi connectivity index (χ0) is 40.3. The molecule has 0 aliphatic heterocycles. The average molecular weight is 777 g/mol. The number of para-hydroxylation sites is 2. The van der Waals surface area contributed by atoms with E-state index in [1.54, 1.807) is 0 Å². The average Bonchev–Trinajstić information content (AvgIpc) is 3.68. The second-order valence-corrected chi connectivity index (χ2v) is 15.6. The van der Waals surface area contributed by atoms with Crippen molar-refractivity contribution in [3.05, 3.63) is 218 Å². The third kappa shape index (κ3) is 5.88. The molecule has 0 unspecified atom stereocenters. The summed E-state index contributed by atoms with van der Waals surface area (Å²) in [7, 11) is 0. The van der Waals surface area contributed by atoms with Gasteiger partial charge in [-0.2, -0.15) is 0 Å². The summed E-state index contributed by atoms with van der Waals surface area (Å²) in [4.78, 5) is 15.9. The normalized spacial score (nSPS) is 11.6. The first-order chi connectivity index (χ1) is 30.2. The molecule has 0 amide bonds. The Balaban J connectivity index is 1.06. The molecule has 0 fully saturated rings. The van der Waals surface area contributed by atoms with E-state index in [0.717, 1.165) is 60.9 Å². The molecule has 0 atom stereocenters. The number of benzene rings is 10. The van der Waals surface area contributed by atoms with Crippen LogP contribution in [0.4, 0.5) is 0 Å². The number of fused-ring (bicyclic) bond motifs is 7. The molecule has 0 saturated heterocycles. The van der Waals surface area contributed by atoms with Crippen LogP contribution < -0.4 is 0 Å². The highest BCUT2D eigenvalue weighted by Crippen LogP contribution is 2.41. The van der Waals surface area contributed by atoms with Crippen LogP contribution in [-0.4, -0.2) is 19.5 Å². The van der Waals surface area contributed by atoms with Crippen molar-refractivity contribution < 1.29 is 0 Å². The van der Waals surface area contributed by atoms with Crippen LogP contribution in [-0.2, 0) is 0 Å². The van der Waals surface area contributed by atoms with Crippen LogP contribution >= 0.6 is 0 Å². The Kier molecular flexibility index (Phi) is 8.13. The SMILES string of the molecule is c1ccc(-c2cccc(-c3nc(-c4ccc(-c5c6ccccc6cc6c5ccc5ccccc56)cc4)nc(-c4cccc5c4c4ccccc4n5-c4ccccc4)n3)c2)cc1. The summed E-state index contributed by atoms with van der Waals surface area (Å²) in [6, 6.07) is 77.5. The number of rotatable bonds is 6. The van der Waals surface area contributed by atoms with Crippen LogP contribution in [0.1, 0.15) is 0 Å². The second-order valence-electron chi connectivity index (χ2n) is 15.6. The third-order valence-electron chi connectivity index (χ3n) is 12.0. The lowest BCUT2D eigenvalue weighted by molar-refractivity contribution is 1.08. The second kappa shape index (κ2) is 14.3. The summed E-state index contributed by atoms with van der Waals surface area (Å²) in [5.74, 6) is 1.87. The maximum atomic E-state index is 5.32. The highest BCUT2D eigenvalue weighted by atomic mass is 15.0. The van der Waals surface area contributed by atoms with Gasteiger partial charge in [0, 0.05) is 33.2 Å². The van der Waals surface area contributed by atoms with Gasteiger partial charge in [0.2, 0.25) is 0 Å². The summed E-state index contributed by atoms with van der Waals surface area (Å²) < 4.78 is 2.33. The minimum absolute atomic E-state index is 0.620. The molecule has 2 heterocycles. The van der Waals surface area contributed by atoms with Gasteiger partial charge in [0.1, 0.15) is 0 Å². The maximum Gasteiger partial charge on any atom is 0.164 e. The van der Waals surface area contributed by atoms with E-state index in [2.05, 4.69) is 217 Å². The van der Waals surface area contributed by atoms with Gasteiger partial charge in [-0.1, -0.05) is 182 Å². The van der Waals surface area contributed by atoms with E-state index in [1.807, 2.05) is 6.07 Å². The number of hydrogen-bond acceptors (Lipinski definition) is 3. The van der Waals surface area contributed by atoms with E-state index < -0.39 is 0 Å². The fourth-order valence-corrected chi connectivity index (χ4v) is 9.20. The monoisotopic (exact) mass is 776 g/mol.